The van der Waals surface area contributed by atoms with Gasteiger partial charge in [0, 0.05) is 37.5 Å². The van der Waals surface area contributed by atoms with Crippen molar-refractivity contribution in [2.75, 3.05) is 31.1 Å². The first-order valence-electron chi connectivity index (χ1n) is 9.97. The van der Waals surface area contributed by atoms with Crippen LogP contribution in [0.25, 0.3) is 0 Å². The second kappa shape index (κ2) is 9.56. The lowest BCUT2D eigenvalue weighted by molar-refractivity contribution is -0.133. The Hall–Kier alpha value is -2.87. The number of benzene rings is 1. The first-order chi connectivity index (χ1) is 14.0. The van der Waals surface area contributed by atoms with E-state index < -0.39 is 12.2 Å². The minimum Gasteiger partial charge on any atom is -0.465 e. The van der Waals surface area contributed by atoms with Crippen molar-refractivity contribution in [3.8, 4) is 0 Å². The van der Waals surface area contributed by atoms with Gasteiger partial charge >= 0.3 is 6.09 Å². The normalized spacial score (nSPS) is 20.2. The summed E-state index contributed by atoms with van der Waals surface area (Å²) in [6.07, 6.45) is 3.26. The summed E-state index contributed by atoms with van der Waals surface area (Å²) in [5.74, 6) is -0.487. The second-order valence-corrected chi connectivity index (χ2v) is 7.19. The summed E-state index contributed by atoms with van der Waals surface area (Å²) in [6, 6.07) is 7.50. The molecule has 2 heterocycles. The molecule has 8 nitrogen and oxygen atoms in total. The third-order valence-corrected chi connectivity index (χ3v) is 5.23. The van der Waals surface area contributed by atoms with Gasteiger partial charge in [-0.2, -0.15) is 0 Å². The zero-order valence-corrected chi connectivity index (χ0v) is 16.5. The number of para-hydroxylation sites is 1. The molecule has 1 aromatic carbocycles. The van der Waals surface area contributed by atoms with Crippen LogP contribution < -0.4 is 10.2 Å². The van der Waals surface area contributed by atoms with Crippen LogP contribution in [0.1, 0.15) is 25.3 Å². The molecule has 2 atom stereocenters. The molecule has 0 spiro atoms. The average Bonchev–Trinajstić information content (AvgIpc) is 2.98. The van der Waals surface area contributed by atoms with Crippen LogP contribution in [0.5, 0.6) is 0 Å². The van der Waals surface area contributed by atoms with E-state index in [4.69, 9.17) is 4.74 Å². The molecule has 0 aliphatic carbocycles. The predicted octanol–water partition coefficient (Wildman–Crippen LogP) is 1.80. The highest BCUT2D eigenvalue weighted by molar-refractivity contribution is 6.03. The molecule has 1 fully saturated rings. The number of nitrogens with one attached hydrogen (secondary N) is 1. The van der Waals surface area contributed by atoms with E-state index in [-0.39, 0.29) is 24.4 Å². The van der Waals surface area contributed by atoms with Crippen molar-refractivity contribution in [1.82, 2.24) is 10.2 Å². The number of fused-ring (bicyclic) bond motifs is 1. The molecular weight excluding hydrogens is 374 g/mol. The Morgan fingerprint density at radius 1 is 1.31 bits per heavy atom. The molecule has 1 saturated heterocycles. The van der Waals surface area contributed by atoms with Crippen molar-refractivity contribution in [3.63, 3.8) is 0 Å². The molecule has 29 heavy (non-hydrogen) atoms. The molecule has 0 saturated carbocycles. The van der Waals surface area contributed by atoms with Crippen molar-refractivity contribution in [3.05, 3.63) is 42.0 Å². The quantitative estimate of drug-likeness (QED) is 0.733. The van der Waals surface area contributed by atoms with Gasteiger partial charge in [0.25, 0.3) is 11.8 Å². The highest BCUT2D eigenvalue weighted by atomic mass is 16.5. The molecule has 3 amide bonds. The zero-order chi connectivity index (χ0) is 20.8. The van der Waals surface area contributed by atoms with E-state index in [2.05, 4.69) is 5.32 Å². The van der Waals surface area contributed by atoms with Crippen LogP contribution in [-0.4, -0.2) is 66.3 Å². The van der Waals surface area contributed by atoms with Gasteiger partial charge in [0.1, 0.15) is 0 Å². The molecule has 3 rings (SSSR count). The van der Waals surface area contributed by atoms with Crippen molar-refractivity contribution in [2.24, 2.45) is 0 Å². The number of nitrogens with zero attached hydrogens (tertiary/aromatic N) is 2. The zero-order valence-electron chi connectivity index (χ0n) is 16.5. The number of hydrogen-bond donors (Lipinski definition) is 2. The lowest BCUT2D eigenvalue weighted by atomic mass is 10.1. The predicted molar refractivity (Wildman–Crippen MR) is 108 cm³/mol. The Bertz CT molecular complexity index is 794. The van der Waals surface area contributed by atoms with Crippen LogP contribution in [0.3, 0.4) is 0 Å². The fourth-order valence-electron chi connectivity index (χ4n) is 3.58. The molecule has 8 heteroatoms. The Balaban J connectivity index is 1.59. The van der Waals surface area contributed by atoms with Gasteiger partial charge in [-0.3, -0.25) is 9.59 Å². The maximum atomic E-state index is 12.6. The highest BCUT2D eigenvalue weighted by Crippen LogP contribution is 2.27. The first kappa shape index (κ1) is 20.9. The van der Waals surface area contributed by atoms with Crippen molar-refractivity contribution >= 4 is 23.6 Å². The number of carbonyl (C=O) groups is 3. The van der Waals surface area contributed by atoms with Crippen LogP contribution in [-0.2, 0) is 20.7 Å². The van der Waals surface area contributed by atoms with Gasteiger partial charge in [-0.05, 0) is 30.9 Å². The molecule has 1 unspecified atom stereocenters. The Labute approximate surface area is 170 Å². The Morgan fingerprint density at radius 3 is 2.86 bits per heavy atom. The first-order valence-corrected chi connectivity index (χ1v) is 9.97. The number of anilines is 1. The number of ether oxygens (including phenoxy) is 1. The minimum absolute atomic E-state index is 0.00477. The van der Waals surface area contributed by atoms with Crippen LogP contribution in [0.15, 0.2) is 36.4 Å². The van der Waals surface area contributed by atoms with Crippen LogP contribution in [0.4, 0.5) is 10.5 Å². The summed E-state index contributed by atoms with van der Waals surface area (Å²) in [6.45, 7) is 3.24. The monoisotopic (exact) mass is 401 g/mol. The van der Waals surface area contributed by atoms with E-state index in [0.29, 0.717) is 32.5 Å². The minimum atomic E-state index is -1.06. The van der Waals surface area contributed by atoms with Gasteiger partial charge in [0.15, 0.2) is 6.10 Å². The summed E-state index contributed by atoms with van der Waals surface area (Å²) in [7, 11) is 0. The van der Waals surface area contributed by atoms with Gasteiger partial charge in [-0.1, -0.05) is 31.2 Å². The number of hydrogen-bond acceptors (Lipinski definition) is 4. The summed E-state index contributed by atoms with van der Waals surface area (Å²) in [5.41, 5.74) is 2.09. The van der Waals surface area contributed by atoms with Gasteiger partial charge < -0.3 is 25.0 Å². The Kier molecular flexibility index (Phi) is 6.87. The van der Waals surface area contributed by atoms with E-state index in [9.17, 15) is 19.5 Å². The molecule has 0 radical (unpaired) electrons. The smallest absolute Gasteiger partial charge is 0.407 e. The molecule has 0 aromatic heterocycles. The maximum Gasteiger partial charge on any atom is 0.407 e. The van der Waals surface area contributed by atoms with E-state index in [0.717, 1.165) is 17.7 Å². The largest absolute Gasteiger partial charge is 0.465 e. The fraction of sp³-hybridized carbons (Fsp3) is 0.476. The Morgan fingerprint density at radius 2 is 2.10 bits per heavy atom. The second-order valence-electron chi connectivity index (χ2n) is 7.19. The SMILES string of the molecule is CCC(/C=C/C(=O)N1CCc2ccccc21)NC(=O)[C@@H]1CN(C(=O)O)CCCO1. The van der Waals surface area contributed by atoms with Gasteiger partial charge in [0.2, 0.25) is 0 Å². The topological polar surface area (TPSA) is 99.2 Å². The van der Waals surface area contributed by atoms with Crippen LogP contribution in [0, 0.1) is 0 Å². The standard InChI is InChI=1S/C21H27N3O5/c1-2-16(22-20(26)18-14-23(21(27)28)11-5-13-29-18)8-9-19(25)24-12-10-15-6-3-4-7-17(15)24/h3-4,6-9,16,18H,2,5,10-14H2,1H3,(H,22,26)(H,27,28)/b9-8+/t16?,18-/m0/s1. The summed E-state index contributed by atoms with van der Waals surface area (Å²) in [5, 5.41) is 12.0. The van der Waals surface area contributed by atoms with E-state index in [1.165, 1.54) is 11.0 Å². The molecule has 156 valence electrons. The molecule has 2 aliphatic heterocycles. The fourth-order valence-corrected chi connectivity index (χ4v) is 3.58. The molecule has 1 aromatic rings. The molecule has 2 aliphatic rings. The maximum absolute atomic E-state index is 12.6. The van der Waals surface area contributed by atoms with Crippen molar-refractivity contribution in [1.29, 1.82) is 0 Å². The van der Waals surface area contributed by atoms with Gasteiger partial charge in [-0.25, -0.2) is 4.79 Å². The van der Waals surface area contributed by atoms with Crippen molar-refractivity contribution < 1.29 is 24.2 Å². The molecule has 0 bridgehead atoms. The molecule has 2 N–H and O–H groups in total. The lowest BCUT2D eigenvalue weighted by Gasteiger charge is -2.22. The number of rotatable bonds is 5. The lowest BCUT2D eigenvalue weighted by Crippen LogP contribution is -2.47. The van der Waals surface area contributed by atoms with Crippen LogP contribution >= 0.6 is 0 Å². The number of amides is 3. The highest BCUT2D eigenvalue weighted by Gasteiger charge is 2.28. The van der Waals surface area contributed by atoms with E-state index in [1.807, 2.05) is 31.2 Å². The van der Waals surface area contributed by atoms with E-state index >= 15 is 0 Å². The van der Waals surface area contributed by atoms with E-state index in [1.54, 1.807) is 11.0 Å². The van der Waals surface area contributed by atoms with Gasteiger partial charge in [0.05, 0.1) is 6.54 Å². The summed E-state index contributed by atoms with van der Waals surface area (Å²) < 4.78 is 5.52. The van der Waals surface area contributed by atoms with Gasteiger partial charge in [-0.15, -0.1) is 0 Å². The van der Waals surface area contributed by atoms with Crippen LogP contribution in [0.2, 0.25) is 0 Å². The summed E-state index contributed by atoms with van der Waals surface area (Å²) >= 11 is 0. The molecular formula is C21H27N3O5. The number of carboxylic acid groups (broad SMARTS) is 1. The number of carbonyl (C=O) groups excluding carboxylic acids is 2. The van der Waals surface area contributed by atoms with Crippen molar-refractivity contribution in [2.45, 2.75) is 38.3 Å². The third-order valence-electron chi connectivity index (χ3n) is 5.23. The summed E-state index contributed by atoms with van der Waals surface area (Å²) in [4.78, 5) is 39.3. The third kappa shape index (κ3) is 5.14. The average molecular weight is 401 g/mol.